The summed E-state index contributed by atoms with van der Waals surface area (Å²) in [6.45, 7) is 0. The number of fused-ring (bicyclic) bond motifs is 1. The van der Waals surface area contributed by atoms with Crippen LogP contribution in [0.15, 0.2) is 46.3 Å². The van der Waals surface area contributed by atoms with Crippen molar-refractivity contribution in [1.82, 2.24) is 0 Å². The molecule has 3 heteroatoms. The van der Waals surface area contributed by atoms with Gasteiger partial charge in [0.1, 0.15) is 6.07 Å². The molecule has 12 heavy (non-hydrogen) atoms. The minimum absolute atomic E-state index is 0.403. The molecule has 0 saturated carbocycles. The van der Waals surface area contributed by atoms with Crippen molar-refractivity contribution in [2.75, 3.05) is 0 Å². The zero-order chi connectivity index (χ0) is 8.72. The van der Waals surface area contributed by atoms with Crippen molar-refractivity contribution in [2.45, 2.75) is 0 Å². The maximum Gasteiger partial charge on any atom is 0.104 e. The Morgan fingerprint density at radius 1 is 1.25 bits per heavy atom. The molecule has 58 valence electrons. The van der Waals surface area contributed by atoms with E-state index >= 15 is 0 Å². The van der Waals surface area contributed by atoms with Crippen LogP contribution in [0.2, 0.25) is 0 Å². The Kier molecular flexibility index (Phi) is 1.13. The van der Waals surface area contributed by atoms with E-state index in [1.54, 1.807) is 0 Å². The molecule has 4 N–H and O–H groups in total. The van der Waals surface area contributed by atoms with Crippen LogP contribution in [0.5, 0.6) is 0 Å². The first-order valence-corrected chi connectivity index (χ1v) is 3.54. The molecule has 0 atom stereocenters. The molecule has 0 saturated heterocycles. The Bertz CT molecular complexity index is 414. The highest BCUT2D eigenvalue weighted by molar-refractivity contribution is 5.72. The molecule has 2 aliphatic carbocycles. The lowest BCUT2D eigenvalue weighted by atomic mass is 10.1. The van der Waals surface area contributed by atoms with Crippen molar-refractivity contribution < 1.29 is 0 Å². The Labute approximate surface area is 70.0 Å². The minimum Gasteiger partial charge on any atom is -0.397 e. The molecule has 2 rings (SSSR count). The third kappa shape index (κ3) is 0.590. The molecule has 0 aromatic heterocycles. The Balaban J connectivity index is 2.67. The third-order valence-electron chi connectivity index (χ3n) is 2.05. The first-order valence-electron chi connectivity index (χ1n) is 3.54. The van der Waals surface area contributed by atoms with Crippen LogP contribution in [-0.2, 0) is 0 Å². The molecule has 0 radical (unpaired) electrons. The van der Waals surface area contributed by atoms with Crippen LogP contribution in [0, 0.1) is 11.3 Å². The second-order valence-electron chi connectivity index (χ2n) is 2.67. The zero-order valence-corrected chi connectivity index (χ0v) is 6.33. The Morgan fingerprint density at radius 3 is 2.58 bits per heavy atom. The molecule has 0 aliphatic heterocycles. The van der Waals surface area contributed by atoms with Gasteiger partial charge in [-0.25, -0.2) is 0 Å². The van der Waals surface area contributed by atoms with E-state index in [0.717, 1.165) is 11.1 Å². The topological polar surface area (TPSA) is 75.8 Å². The summed E-state index contributed by atoms with van der Waals surface area (Å²) >= 11 is 0. The number of rotatable bonds is 0. The summed E-state index contributed by atoms with van der Waals surface area (Å²) in [4.78, 5) is 0. The molecule has 0 amide bonds. The van der Waals surface area contributed by atoms with Gasteiger partial charge in [0.05, 0.1) is 17.0 Å². The molecule has 0 aromatic rings. The highest BCUT2D eigenvalue weighted by atomic mass is 14.7. The first kappa shape index (κ1) is 6.74. The van der Waals surface area contributed by atoms with Crippen molar-refractivity contribution in [2.24, 2.45) is 11.5 Å². The number of nitrogens with zero attached hydrogens (tertiary/aromatic N) is 1. The van der Waals surface area contributed by atoms with Gasteiger partial charge in [-0.1, -0.05) is 18.2 Å². The second-order valence-corrected chi connectivity index (χ2v) is 2.67. The third-order valence-corrected chi connectivity index (χ3v) is 2.05. The molecule has 0 fully saturated rings. The number of nitrogens with two attached hydrogens (primary N) is 2. The van der Waals surface area contributed by atoms with Crippen LogP contribution in [0.1, 0.15) is 0 Å². The largest absolute Gasteiger partial charge is 0.397 e. The predicted octanol–water partition coefficient (Wildman–Crippen LogP) is 0.445. The Hall–Kier alpha value is -1.95. The van der Waals surface area contributed by atoms with Crippen LogP contribution < -0.4 is 11.5 Å². The summed E-state index contributed by atoms with van der Waals surface area (Å²) in [6, 6.07) is 1.99. The molecule has 0 heterocycles. The van der Waals surface area contributed by atoms with Gasteiger partial charge in [0, 0.05) is 11.1 Å². The predicted molar refractivity (Wildman–Crippen MR) is 45.3 cm³/mol. The van der Waals surface area contributed by atoms with E-state index in [1.165, 1.54) is 0 Å². The van der Waals surface area contributed by atoms with E-state index in [2.05, 4.69) is 0 Å². The van der Waals surface area contributed by atoms with Crippen LogP contribution in [-0.4, -0.2) is 0 Å². The van der Waals surface area contributed by atoms with E-state index in [9.17, 15) is 0 Å². The summed E-state index contributed by atoms with van der Waals surface area (Å²) in [5.41, 5.74) is 14.5. The van der Waals surface area contributed by atoms with E-state index in [-0.39, 0.29) is 0 Å². The zero-order valence-electron chi connectivity index (χ0n) is 6.33. The fourth-order valence-electron chi connectivity index (χ4n) is 1.42. The molecular weight excluding hydrogens is 150 g/mol. The van der Waals surface area contributed by atoms with Crippen LogP contribution in [0.25, 0.3) is 0 Å². The van der Waals surface area contributed by atoms with E-state index in [1.807, 2.05) is 24.3 Å². The van der Waals surface area contributed by atoms with Gasteiger partial charge in [-0.05, 0) is 0 Å². The fourth-order valence-corrected chi connectivity index (χ4v) is 1.42. The summed E-state index contributed by atoms with van der Waals surface area (Å²) in [6.07, 6.45) is 5.60. The van der Waals surface area contributed by atoms with Gasteiger partial charge in [0.15, 0.2) is 0 Å². The normalized spacial score (nSPS) is 19.8. The average molecular weight is 157 g/mol. The van der Waals surface area contributed by atoms with Crippen molar-refractivity contribution in [3.63, 3.8) is 0 Å². The minimum atomic E-state index is 0.403. The monoisotopic (exact) mass is 157 g/mol. The van der Waals surface area contributed by atoms with E-state index in [0.29, 0.717) is 17.0 Å². The Morgan fingerprint density at radius 2 is 2.00 bits per heavy atom. The summed E-state index contributed by atoms with van der Waals surface area (Å²) in [5, 5.41) is 8.71. The van der Waals surface area contributed by atoms with Gasteiger partial charge in [0.25, 0.3) is 0 Å². The molecule has 0 bridgehead atoms. The van der Waals surface area contributed by atoms with Gasteiger partial charge in [0.2, 0.25) is 0 Å². The molecule has 3 nitrogen and oxygen atoms in total. The van der Waals surface area contributed by atoms with Gasteiger partial charge in [-0.2, -0.15) is 5.26 Å². The first-order chi connectivity index (χ1) is 5.75. The molecule has 0 spiro atoms. The number of hydrogen-bond acceptors (Lipinski definition) is 3. The maximum atomic E-state index is 8.71. The molecular formula is C9H7N3. The summed E-state index contributed by atoms with van der Waals surface area (Å²) < 4.78 is 0. The van der Waals surface area contributed by atoms with Gasteiger partial charge < -0.3 is 11.5 Å². The molecule has 0 unspecified atom stereocenters. The lowest BCUT2D eigenvalue weighted by molar-refractivity contribution is 1.31. The van der Waals surface area contributed by atoms with Crippen LogP contribution in [0.4, 0.5) is 0 Å². The lowest BCUT2D eigenvalue weighted by Gasteiger charge is -1.94. The standard InChI is InChI=1S/C9H7N3/c10-4-7-8(11)5-2-1-3-6(5)9(7)12/h1-3H,11-12H2. The SMILES string of the molecule is N#CC1=C(N)C2=CC=CC2=C1N. The van der Waals surface area contributed by atoms with Crippen molar-refractivity contribution >= 4 is 0 Å². The van der Waals surface area contributed by atoms with Crippen molar-refractivity contribution in [3.8, 4) is 6.07 Å². The summed E-state index contributed by atoms with van der Waals surface area (Å²) in [7, 11) is 0. The average Bonchev–Trinajstić information content (AvgIpc) is 2.58. The van der Waals surface area contributed by atoms with E-state index < -0.39 is 0 Å². The smallest absolute Gasteiger partial charge is 0.104 e. The summed E-state index contributed by atoms with van der Waals surface area (Å²) in [5.74, 6) is 0. The van der Waals surface area contributed by atoms with Gasteiger partial charge in [-0.3, -0.25) is 0 Å². The fraction of sp³-hybridized carbons (Fsp3) is 0. The van der Waals surface area contributed by atoms with Crippen molar-refractivity contribution in [3.05, 3.63) is 46.3 Å². The molecule has 0 aromatic carbocycles. The van der Waals surface area contributed by atoms with Gasteiger partial charge in [-0.15, -0.1) is 0 Å². The quantitative estimate of drug-likeness (QED) is 0.535. The maximum absolute atomic E-state index is 8.71. The second kappa shape index (κ2) is 2.02. The van der Waals surface area contributed by atoms with Crippen molar-refractivity contribution in [1.29, 1.82) is 5.26 Å². The lowest BCUT2D eigenvalue weighted by Crippen LogP contribution is -2.02. The number of hydrogen-bond donors (Lipinski definition) is 2. The number of nitriles is 1. The number of allylic oxidation sites excluding steroid dienone is 5. The van der Waals surface area contributed by atoms with Crippen LogP contribution >= 0.6 is 0 Å². The van der Waals surface area contributed by atoms with E-state index in [4.69, 9.17) is 16.7 Å². The van der Waals surface area contributed by atoms with Gasteiger partial charge >= 0.3 is 0 Å². The highest BCUT2D eigenvalue weighted by Gasteiger charge is 2.25. The highest BCUT2D eigenvalue weighted by Crippen LogP contribution is 2.34. The van der Waals surface area contributed by atoms with Crippen LogP contribution in [0.3, 0.4) is 0 Å². The molecule has 2 aliphatic rings.